The van der Waals surface area contributed by atoms with Crippen LogP contribution < -0.4 is 0 Å². The lowest BCUT2D eigenvalue weighted by molar-refractivity contribution is -0.142. The molecule has 1 fully saturated rings. The number of H-pyrrole nitrogens is 1. The van der Waals surface area contributed by atoms with Crippen LogP contribution in [0.15, 0.2) is 18.2 Å². The molecule has 0 unspecified atom stereocenters. The van der Waals surface area contributed by atoms with Gasteiger partial charge >= 0.3 is 6.18 Å². The van der Waals surface area contributed by atoms with Gasteiger partial charge in [0, 0.05) is 37.3 Å². The molecular formula is C21H25ClF4N4O. The minimum Gasteiger partial charge on any atom is -0.337 e. The zero-order valence-corrected chi connectivity index (χ0v) is 18.2. The molecule has 1 saturated heterocycles. The van der Waals surface area contributed by atoms with Crippen molar-refractivity contribution in [2.75, 3.05) is 33.2 Å². The van der Waals surface area contributed by atoms with Gasteiger partial charge in [0.1, 0.15) is 5.82 Å². The average molecular weight is 461 g/mol. The number of piperidine rings is 1. The van der Waals surface area contributed by atoms with Crippen LogP contribution in [0.3, 0.4) is 0 Å². The smallest absolute Gasteiger partial charge is 0.337 e. The number of likely N-dealkylation sites (N-methyl/N-ethyl adjacent to an activating group) is 1. The minimum atomic E-state index is -4.25. The zero-order chi connectivity index (χ0) is 22.8. The highest BCUT2D eigenvalue weighted by atomic mass is 35.5. The highest BCUT2D eigenvalue weighted by Gasteiger charge is 2.30. The summed E-state index contributed by atoms with van der Waals surface area (Å²) in [7, 11) is 1.40. The Morgan fingerprint density at radius 1 is 1.32 bits per heavy atom. The van der Waals surface area contributed by atoms with Crippen LogP contribution in [0.1, 0.15) is 46.1 Å². The van der Waals surface area contributed by atoms with Crippen LogP contribution >= 0.6 is 11.6 Å². The first-order valence-corrected chi connectivity index (χ1v) is 10.5. The van der Waals surface area contributed by atoms with Gasteiger partial charge in [0.2, 0.25) is 0 Å². The van der Waals surface area contributed by atoms with E-state index in [9.17, 15) is 22.4 Å². The molecule has 0 radical (unpaired) electrons. The van der Waals surface area contributed by atoms with Gasteiger partial charge in [-0.25, -0.2) is 4.39 Å². The molecule has 1 aliphatic heterocycles. The van der Waals surface area contributed by atoms with E-state index in [1.165, 1.54) is 18.0 Å². The summed E-state index contributed by atoms with van der Waals surface area (Å²) < 4.78 is 51.1. The summed E-state index contributed by atoms with van der Waals surface area (Å²) in [5.41, 5.74) is 2.35. The lowest BCUT2D eigenvalue weighted by atomic mass is 9.89. The Balaban J connectivity index is 1.58. The number of carbonyl (C=O) groups excluding carboxylic acids is 1. The Labute approximate surface area is 183 Å². The van der Waals surface area contributed by atoms with Gasteiger partial charge in [-0.05, 0) is 44.4 Å². The van der Waals surface area contributed by atoms with Crippen molar-refractivity contribution in [3.63, 3.8) is 0 Å². The zero-order valence-electron chi connectivity index (χ0n) is 17.4. The first-order chi connectivity index (χ1) is 14.6. The Hall–Kier alpha value is -2.13. The predicted octanol–water partition coefficient (Wildman–Crippen LogP) is 4.57. The topological polar surface area (TPSA) is 52.2 Å². The largest absolute Gasteiger partial charge is 0.401 e. The third-order valence-electron chi connectivity index (χ3n) is 5.71. The van der Waals surface area contributed by atoms with Gasteiger partial charge in [-0.3, -0.25) is 14.8 Å². The number of benzene rings is 1. The van der Waals surface area contributed by atoms with E-state index in [1.54, 1.807) is 17.9 Å². The number of halogens is 5. The van der Waals surface area contributed by atoms with Crippen LogP contribution in [0.25, 0.3) is 0 Å². The standard InChI is InChI=1S/C21H25ClF4N4O/c1-13-17(8-9-29(2)12-21(24,25)26)27-28-19(13)20(31)30-10-6-14(7-11-30)15-4-3-5-16(23)18(15)22/h3-5,14H,6-12H2,1-2H3,(H,27,28). The van der Waals surface area contributed by atoms with E-state index >= 15 is 0 Å². The summed E-state index contributed by atoms with van der Waals surface area (Å²) in [6.07, 6.45) is -2.60. The predicted molar refractivity (Wildman–Crippen MR) is 110 cm³/mol. The van der Waals surface area contributed by atoms with E-state index in [1.807, 2.05) is 6.07 Å². The molecule has 0 bridgehead atoms. The van der Waals surface area contributed by atoms with Crippen molar-refractivity contribution in [3.05, 3.63) is 51.6 Å². The van der Waals surface area contributed by atoms with E-state index in [0.29, 0.717) is 43.6 Å². The number of likely N-dealkylation sites (tertiary alicyclic amines) is 1. The van der Waals surface area contributed by atoms with Crippen LogP contribution in [-0.2, 0) is 6.42 Å². The highest BCUT2D eigenvalue weighted by Crippen LogP contribution is 2.34. The maximum atomic E-state index is 13.7. The van der Waals surface area contributed by atoms with Crippen LogP contribution in [0.2, 0.25) is 5.02 Å². The molecule has 0 spiro atoms. The van der Waals surface area contributed by atoms with Crippen molar-refractivity contribution >= 4 is 17.5 Å². The Morgan fingerprint density at radius 2 is 2.00 bits per heavy atom. The number of nitrogens with zero attached hydrogens (tertiary/aromatic N) is 3. The molecule has 170 valence electrons. The van der Waals surface area contributed by atoms with Crippen molar-refractivity contribution in [2.24, 2.45) is 0 Å². The van der Waals surface area contributed by atoms with E-state index < -0.39 is 18.5 Å². The quantitative estimate of drug-likeness (QED) is 0.643. The highest BCUT2D eigenvalue weighted by molar-refractivity contribution is 6.31. The fourth-order valence-electron chi connectivity index (χ4n) is 3.95. The lowest BCUT2D eigenvalue weighted by Gasteiger charge is -2.32. The van der Waals surface area contributed by atoms with E-state index in [4.69, 9.17) is 11.6 Å². The van der Waals surface area contributed by atoms with Gasteiger partial charge in [-0.15, -0.1) is 0 Å². The molecule has 1 aromatic carbocycles. The molecule has 31 heavy (non-hydrogen) atoms. The molecule has 3 rings (SSSR count). The van der Waals surface area contributed by atoms with Crippen LogP contribution in [0, 0.1) is 12.7 Å². The third-order valence-corrected chi connectivity index (χ3v) is 6.11. The molecule has 0 aliphatic carbocycles. The number of aromatic nitrogens is 2. The van der Waals surface area contributed by atoms with E-state index in [2.05, 4.69) is 10.2 Å². The number of carbonyl (C=O) groups is 1. The number of nitrogens with one attached hydrogen (secondary N) is 1. The second-order valence-corrected chi connectivity index (χ2v) is 8.37. The van der Waals surface area contributed by atoms with Gasteiger partial charge in [0.05, 0.1) is 11.6 Å². The fourth-order valence-corrected chi connectivity index (χ4v) is 4.23. The Bertz CT molecular complexity index is 923. The maximum absolute atomic E-state index is 13.7. The van der Waals surface area contributed by atoms with Gasteiger partial charge in [0.15, 0.2) is 5.69 Å². The number of hydrogen-bond acceptors (Lipinski definition) is 3. The van der Waals surface area contributed by atoms with Crippen molar-refractivity contribution < 1.29 is 22.4 Å². The maximum Gasteiger partial charge on any atom is 0.401 e. The van der Waals surface area contributed by atoms with Crippen molar-refractivity contribution in [1.29, 1.82) is 0 Å². The number of aromatic amines is 1. The van der Waals surface area contributed by atoms with E-state index in [-0.39, 0.29) is 29.1 Å². The molecule has 2 heterocycles. The molecule has 1 amide bonds. The Kier molecular flexibility index (Phi) is 7.26. The molecule has 1 N–H and O–H groups in total. The van der Waals surface area contributed by atoms with Gasteiger partial charge in [-0.2, -0.15) is 18.3 Å². The van der Waals surface area contributed by atoms with Crippen LogP contribution in [0.4, 0.5) is 17.6 Å². The summed E-state index contributed by atoms with van der Waals surface area (Å²) in [6, 6.07) is 4.77. The fraction of sp³-hybridized carbons (Fsp3) is 0.524. The van der Waals surface area contributed by atoms with Crippen molar-refractivity contribution in [2.45, 2.75) is 38.3 Å². The summed E-state index contributed by atoms with van der Waals surface area (Å²) in [6.45, 7) is 1.93. The summed E-state index contributed by atoms with van der Waals surface area (Å²) in [4.78, 5) is 15.8. The minimum absolute atomic E-state index is 0.0762. The number of rotatable bonds is 6. The normalized spacial score (nSPS) is 15.7. The molecule has 5 nitrogen and oxygen atoms in total. The number of amides is 1. The first kappa shape index (κ1) is 23.5. The van der Waals surface area contributed by atoms with Crippen LogP contribution in [0.5, 0.6) is 0 Å². The van der Waals surface area contributed by atoms with Crippen LogP contribution in [-0.4, -0.2) is 65.3 Å². The molecular weight excluding hydrogens is 436 g/mol. The van der Waals surface area contributed by atoms with Crippen molar-refractivity contribution in [1.82, 2.24) is 20.0 Å². The lowest BCUT2D eigenvalue weighted by Crippen LogP contribution is -2.38. The average Bonchev–Trinajstić information content (AvgIpc) is 3.07. The molecule has 0 atom stereocenters. The van der Waals surface area contributed by atoms with Crippen molar-refractivity contribution in [3.8, 4) is 0 Å². The Morgan fingerprint density at radius 3 is 2.65 bits per heavy atom. The second kappa shape index (κ2) is 9.56. The molecule has 0 saturated carbocycles. The monoisotopic (exact) mass is 460 g/mol. The molecule has 1 aliphatic rings. The number of alkyl halides is 3. The number of hydrogen-bond donors (Lipinski definition) is 1. The molecule has 2 aromatic rings. The summed E-state index contributed by atoms with van der Waals surface area (Å²) >= 11 is 6.10. The van der Waals surface area contributed by atoms with Gasteiger partial charge < -0.3 is 4.90 Å². The summed E-state index contributed by atoms with van der Waals surface area (Å²) in [5, 5.41) is 7.05. The van der Waals surface area contributed by atoms with Gasteiger partial charge in [-0.1, -0.05) is 23.7 Å². The first-order valence-electron chi connectivity index (χ1n) is 10.1. The third kappa shape index (κ3) is 5.77. The molecule has 10 heteroatoms. The SMILES string of the molecule is Cc1c(C(=O)N2CCC(c3cccc(F)c3Cl)CC2)n[nH]c1CCN(C)CC(F)(F)F. The van der Waals surface area contributed by atoms with Gasteiger partial charge in [0.25, 0.3) is 5.91 Å². The summed E-state index contributed by atoms with van der Waals surface area (Å²) in [5.74, 6) is -0.585. The second-order valence-electron chi connectivity index (χ2n) is 7.99. The molecule has 1 aromatic heterocycles. The van der Waals surface area contributed by atoms with E-state index in [0.717, 1.165) is 5.56 Å².